The Labute approximate surface area is 87.8 Å². The van der Waals surface area contributed by atoms with Gasteiger partial charge in [0, 0.05) is 11.8 Å². The van der Waals surface area contributed by atoms with Crippen molar-refractivity contribution in [2.75, 3.05) is 7.11 Å². The Hall–Kier alpha value is -1.62. The third-order valence-corrected chi connectivity index (χ3v) is 1.83. The van der Waals surface area contributed by atoms with Crippen LogP contribution in [0.25, 0.3) is 10.9 Å². The van der Waals surface area contributed by atoms with Crippen molar-refractivity contribution >= 4 is 24.2 Å². The number of pyridine rings is 1. The fourth-order valence-electron chi connectivity index (χ4n) is 1.26. The highest BCUT2D eigenvalue weighted by Crippen LogP contribution is 2.09. The van der Waals surface area contributed by atoms with E-state index in [1.54, 1.807) is 12.1 Å². The maximum atomic E-state index is 12.8. The molecule has 5 heteroatoms. The first-order chi connectivity index (χ1) is 7.16. The predicted octanol–water partition coefficient (Wildman–Crippen LogP) is -0.0940. The van der Waals surface area contributed by atoms with Crippen LogP contribution in [0.4, 0.5) is 4.39 Å². The van der Waals surface area contributed by atoms with Crippen LogP contribution < -0.4 is 10.2 Å². The van der Waals surface area contributed by atoms with E-state index in [4.69, 9.17) is 13.0 Å². The van der Waals surface area contributed by atoms with E-state index < -0.39 is 0 Å². The molecule has 1 aromatic heterocycles. The lowest BCUT2D eigenvalue weighted by molar-refractivity contribution is -0.884. The smallest absolute Gasteiger partial charge is 0.267 e. The van der Waals surface area contributed by atoms with Gasteiger partial charge in [0.25, 0.3) is 5.52 Å². The van der Waals surface area contributed by atoms with Gasteiger partial charge in [0.15, 0.2) is 0 Å². The molecule has 0 unspecified atom stereocenters. The van der Waals surface area contributed by atoms with Crippen LogP contribution in [0.3, 0.4) is 0 Å². The Kier molecular flexibility index (Phi) is 3.63. The average molecular weight is 206 g/mol. The summed E-state index contributed by atoms with van der Waals surface area (Å²) in [5.74, 6) is -0.389. The largest absolute Gasteiger partial charge is 0.400 e. The molecule has 76 valence electrons. The van der Waals surface area contributed by atoms with Crippen LogP contribution in [-0.4, -0.2) is 25.3 Å². The Morgan fingerprint density at radius 2 is 1.93 bits per heavy atom. The summed E-state index contributed by atoms with van der Waals surface area (Å²) in [5, 5.41) is 17.0. The van der Waals surface area contributed by atoms with Crippen molar-refractivity contribution in [3.63, 3.8) is 0 Å². The zero-order chi connectivity index (χ0) is 11.4. The first kappa shape index (κ1) is 11.5. The number of aromatic nitrogens is 1. The average Bonchev–Trinajstić information content (AvgIpc) is 2.22. The Bertz CT molecular complexity index is 476. The third kappa shape index (κ3) is 2.44. The van der Waals surface area contributed by atoms with E-state index in [9.17, 15) is 9.60 Å². The number of hydrogen-bond acceptors (Lipinski definition) is 2. The number of benzene rings is 1. The minimum atomic E-state index is -0.389. The fraction of sp³-hybridized carbons (Fsp3) is 0.100. The molecule has 2 radical (unpaired) electrons. The lowest BCUT2D eigenvalue weighted by Crippen LogP contribution is -2.34. The molecule has 0 bridgehead atoms. The van der Waals surface area contributed by atoms with E-state index in [1.165, 1.54) is 18.3 Å². The summed E-state index contributed by atoms with van der Waals surface area (Å²) in [6.45, 7) is 0. The molecule has 0 saturated heterocycles. The van der Waals surface area contributed by atoms with Crippen LogP contribution in [0, 0.1) is 5.82 Å². The molecule has 2 N–H and O–H groups in total. The van der Waals surface area contributed by atoms with Crippen LogP contribution in [0.5, 0.6) is 0 Å². The van der Waals surface area contributed by atoms with Gasteiger partial charge in [-0.2, -0.15) is 0 Å². The van der Waals surface area contributed by atoms with E-state index in [0.29, 0.717) is 16.4 Å². The Morgan fingerprint density at radius 1 is 1.27 bits per heavy atom. The van der Waals surface area contributed by atoms with Crippen molar-refractivity contribution in [1.29, 1.82) is 0 Å². The molecule has 0 fully saturated rings. The van der Waals surface area contributed by atoms with E-state index in [2.05, 4.69) is 0 Å². The van der Waals surface area contributed by atoms with Crippen LogP contribution in [0.15, 0.2) is 30.5 Å². The zero-order valence-corrected chi connectivity index (χ0v) is 8.18. The summed E-state index contributed by atoms with van der Waals surface area (Å²) in [5.41, 5.74) is 0.829. The van der Waals surface area contributed by atoms with Crippen molar-refractivity contribution in [3.05, 3.63) is 36.3 Å². The van der Waals surface area contributed by atoms with Gasteiger partial charge in [-0.15, -0.1) is 0 Å². The summed E-state index contributed by atoms with van der Waals surface area (Å²) < 4.78 is 13.6. The van der Waals surface area contributed by atoms with Gasteiger partial charge in [-0.3, -0.25) is 5.21 Å². The Morgan fingerprint density at radius 3 is 2.60 bits per heavy atom. The van der Waals surface area contributed by atoms with Crippen molar-refractivity contribution < 1.29 is 19.4 Å². The van der Waals surface area contributed by atoms with Crippen LogP contribution in [0.2, 0.25) is 0 Å². The van der Waals surface area contributed by atoms with Gasteiger partial charge in [0.2, 0.25) is 6.20 Å². The number of nitrogens with zero attached hydrogens (tertiary/aromatic N) is 1. The van der Waals surface area contributed by atoms with Crippen LogP contribution in [0.1, 0.15) is 0 Å². The number of aliphatic hydroxyl groups is 1. The van der Waals surface area contributed by atoms with Gasteiger partial charge in [-0.25, -0.2) is 4.39 Å². The minimum absolute atomic E-state index is 0.389. The maximum absolute atomic E-state index is 12.8. The van der Waals surface area contributed by atoms with Gasteiger partial charge >= 0.3 is 0 Å². The topological polar surface area (TPSA) is 44.3 Å². The molecule has 3 nitrogen and oxygen atoms in total. The first-order valence-corrected chi connectivity index (χ1v) is 4.21. The second-order valence-electron chi connectivity index (χ2n) is 2.82. The summed E-state index contributed by atoms with van der Waals surface area (Å²) in [6, 6.07) is 5.80. The quantitative estimate of drug-likeness (QED) is 0.359. The Balaban J connectivity index is 0.000000531. The van der Waals surface area contributed by atoms with E-state index in [-0.39, 0.29) is 5.82 Å². The number of rotatable bonds is 0. The molecule has 0 amide bonds. The summed E-state index contributed by atoms with van der Waals surface area (Å²) >= 11 is 0. The molecule has 2 aromatic rings. The number of halogens is 1. The lowest BCUT2D eigenvalue weighted by atomic mass is 9.97. The normalized spacial score (nSPS) is 9.53. The molecule has 0 atom stereocenters. The fourth-order valence-corrected chi connectivity index (χ4v) is 1.26. The minimum Gasteiger partial charge on any atom is -0.400 e. The molecule has 1 heterocycles. The van der Waals surface area contributed by atoms with Crippen LogP contribution >= 0.6 is 0 Å². The number of hydrogen-bond donors (Lipinski definition) is 2. The molecular weight excluding hydrogens is 196 g/mol. The van der Waals surface area contributed by atoms with Gasteiger partial charge < -0.3 is 5.11 Å². The molecule has 0 spiro atoms. The van der Waals surface area contributed by atoms with E-state index in [0.717, 1.165) is 11.8 Å². The van der Waals surface area contributed by atoms with Gasteiger partial charge in [-0.05, 0) is 23.7 Å². The van der Waals surface area contributed by atoms with Gasteiger partial charge in [0.05, 0.1) is 11.5 Å². The second-order valence-corrected chi connectivity index (χ2v) is 2.82. The summed E-state index contributed by atoms with van der Waals surface area (Å²) in [7, 11) is 6.49. The highest BCUT2D eigenvalue weighted by atomic mass is 19.1. The monoisotopic (exact) mass is 206 g/mol. The lowest BCUT2D eigenvalue weighted by Gasteiger charge is -1.95. The zero-order valence-electron chi connectivity index (χ0n) is 8.18. The van der Waals surface area contributed by atoms with Crippen molar-refractivity contribution in [3.8, 4) is 0 Å². The first-order valence-electron chi connectivity index (χ1n) is 4.21. The predicted molar refractivity (Wildman–Crippen MR) is 54.8 cm³/mol. The standard InChI is InChI=1S/C9H6BFNO.CH4O/c10-7-3-6-1-2-8(11)4-9(6)12(13)5-7;1-2/h1-5,13H;2H,1H3/q+1;. The highest BCUT2D eigenvalue weighted by molar-refractivity contribution is 6.32. The highest BCUT2D eigenvalue weighted by Gasteiger charge is 2.09. The molecule has 0 aliphatic heterocycles. The molecule has 1 aromatic carbocycles. The molecule has 0 saturated carbocycles. The summed E-state index contributed by atoms with van der Waals surface area (Å²) in [6.07, 6.45) is 1.32. The number of fused-ring (bicyclic) bond motifs is 1. The molecular formula is C10H10BFNO2+. The second kappa shape index (κ2) is 4.75. The van der Waals surface area contributed by atoms with Crippen molar-refractivity contribution in [2.24, 2.45) is 0 Å². The molecule has 0 aliphatic carbocycles. The van der Waals surface area contributed by atoms with Crippen LogP contribution in [-0.2, 0) is 0 Å². The SMILES string of the molecule is CO.[B]c1cc2ccc(F)cc2[n+](O)c1. The van der Waals surface area contributed by atoms with E-state index >= 15 is 0 Å². The third-order valence-electron chi connectivity index (χ3n) is 1.83. The van der Waals surface area contributed by atoms with Crippen molar-refractivity contribution in [1.82, 2.24) is 0 Å². The molecule has 2 rings (SSSR count). The van der Waals surface area contributed by atoms with E-state index in [1.807, 2.05) is 0 Å². The van der Waals surface area contributed by atoms with Gasteiger partial charge in [0.1, 0.15) is 13.7 Å². The summed E-state index contributed by atoms with van der Waals surface area (Å²) in [4.78, 5) is 0. The van der Waals surface area contributed by atoms with Gasteiger partial charge in [-0.1, -0.05) is 0 Å². The maximum Gasteiger partial charge on any atom is 0.267 e. The number of aliphatic hydroxyl groups excluding tert-OH is 1. The van der Waals surface area contributed by atoms with Crippen molar-refractivity contribution in [2.45, 2.75) is 0 Å². The molecule has 15 heavy (non-hydrogen) atoms. The molecule has 0 aliphatic rings.